The molecule has 1 fully saturated rings. The predicted octanol–water partition coefficient (Wildman–Crippen LogP) is 3.54. The van der Waals surface area contributed by atoms with Gasteiger partial charge in [-0.3, -0.25) is 13.7 Å². The third-order valence-electron chi connectivity index (χ3n) is 5.11. The molecular formula is C14H30O7P2. The van der Waals surface area contributed by atoms with E-state index in [1.54, 1.807) is 41.5 Å². The maximum Gasteiger partial charge on any atom is 0.363 e. The van der Waals surface area contributed by atoms with Crippen LogP contribution in [0, 0.1) is 17.3 Å². The summed E-state index contributed by atoms with van der Waals surface area (Å²) in [6.45, 7) is 12.7. The molecule has 1 saturated heterocycles. The molecule has 3 atom stereocenters. The number of aliphatic hydroxyl groups is 1. The standard InChI is InChI=1S/C14H30O7P2/c1-9(2)14(10(3)4)12(7,15)23(19,20-11(5)6)21-13(14,8)22(16,17)18/h9-11,15H,1-8H3,(H2,16,17,18). The SMILES string of the molecule is CC(C)OP1(=O)OC(C)(P(=O)(O)O)C(C(C)C)(C(C)C)C1(C)O. The van der Waals surface area contributed by atoms with E-state index in [9.17, 15) is 24.0 Å². The summed E-state index contributed by atoms with van der Waals surface area (Å²) >= 11 is 0. The van der Waals surface area contributed by atoms with E-state index in [0.29, 0.717) is 0 Å². The van der Waals surface area contributed by atoms with E-state index in [-0.39, 0.29) is 0 Å². The van der Waals surface area contributed by atoms with Crippen molar-refractivity contribution in [2.75, 3.05) is 0 Å². The highest BCUT2D eigenvalue weighted by atomic mass is 31.2. The van der Waals surface area contributed by atoms with Gasteiger partial charge in [0, 0.05) is 0 Å². The van der Waals surface area contributed by atoms with Crippen LogP contribution >= 0.6 is 15.2 Å². The van der Waals surface area contributed by atoms with E-state index >= 15 is 0 Å². The van der Waals surface area contributed by atoms with Crippen molar-refractivity contribution >= 4 is 15.2 Å². The minimum Gasteiger partial charge on any atom is -0.377 e. The van der Waals surface area contributed by atoms with E-state index in [0.717, 1.165) is 0 Å². The van der Waals surface area contributed by atoms with Crippen molar-refractivity contribution in [2.45, 2.75) is 72.2 Å². The second-order valence-corrected chi connectivity index (χ2v) is 11.7. The Labute approximate surface area is 138 Å². The van der Waals surface area contributed by atoms with Crippen LogP contribution in [0.4, 0.5) is 0 Å². The van der Waals surface area contributed by atoms with Gasteiger partial charge in [-0.15, -0.1) is 0 Å². The smallest absolute Gasteiger partial charge is 0.363 e. The molecular weight excluding hydrogens is 342 g/mol. The fourth-order valence-corrected chi connectivity index (χ4v) is 9.43. The maximum atomic E-state index is 13.3. The second-order valence-electron chi connectivity index (χ2n) is 7.47. The number of hydrogen-bond acceptors (Lipinski definition) is 5. The summed E-state index contributed by atoms with van der Waals surface area (Å²) in [6.07, 6.45) is -0.538. The Hall–Kier alpha value is 0.260. The van der Waals surface area contributed by atoms with Gasteiger partial charge in [-0.2, -0.15) is 0 Å². The Bertz CT molecular complexity index is 541. The van der Waals surface area contributed by atoms with Crippen molar-refractivity contribution in [3.8, 4) is 0 Å². The summed E-state index contributed by atoms with van der Waals surface area (Å²) < 4.78 is 36.5. The van der Waals surface area contributed by atoms with Gasteiger partial charge in [-0.25, -0.2) is 0 Å². The predicted molar refractivity (Wildman–Crippen MR) is 88.1 cm³/mol. The van der Waals surface area contributed by atoms with E-state index in [4.69, 9.17) is 9.05 Å². The minimum absolute atomic E-state index is 0.429. The van der Waals surface area contributed by atoms with Gasteiger partial charge in [-0.05, 0) is 39.5 Å². The molecule has 9 heteroatoms. The molecule has 0 bridgehead atoms. The molecule has 138 valence electrons. The summed E-state index contributed by atoms with van der Waals surface area (Å²) in [5, 5.41) is 7.07. The molecule has 0 aromatic carbocycles. The van der Waals surface area contributed by atoms with Crippen LogP contribution in [-0.4, -0.2) is 31.7 Å². The normalized spacial score (nSPS) is 38.0. The molecule has 0 radical (unpaired) electrons. The minimum atomic E-state index is -4.89. The van der Waals surface area contributed by atoms with Crippen molar-refractivity contribution < 1.29 is 33.1 Å². The fourth-order valence-electron chi connectivity index (χ4n) is 4.59. The third-order valence-corrected chi connectivity index (χ3v) is 9.57. The first-order valence-electron chi connectivity index (χ1n) is 7.78. The molecule has 1 rings (SSSR count). The summed E-state index contributed by atoms with van der Waals surface area (Å²) in [6, 6.07) is 0. The summed E-state index contributed by atoms with van der Waals surface area (Å²) in [5.74, 6) is -0.858. The Morgan fingerprint density at radius 1 is 1.04 bits per heavy atom. The first-order chi connectivity index (χ1) is 10.0. The first-order valence-corrected chi connectivity index (χ1v) is 10.9. The lowest BCUT2D eigenvalue weighted by Crippen LogP contribution is -2.59. The Morgan fingerprint density at radius 3 is 1.65 bits per heavy atom. The van der Waals surface area contributed by atoms with Gasteiger partial charge in [0.25, 0.3) is 0 Å². The molecule has 3 unspecified atom stereocenters. The molecule has 23 heavy (non-hydrogen) atoms. The summed E-state index contributed by atoms with van der Waals surface area (Å²) in [7, 11) is -9.11. The van der Waals surface area contributed by atoms with Gasteiger partial charge in [0.1, 0.15) is 0 Å². The monoisotopic (exact) mass is 372 g/mol. The van der Waals surface area contributed by atoms with Crippen LogP contribution in [0.15, 0.2) is 0 Å². The van der Waals surface area contributed by atoms with Crippen LogP contribution in [0.1, 0.15) is 55.4 Å². The lowest BCUT2D eigenvalue weighted by Gasteiger charge is -2.52. The van der Waals surface area contributed by atoms with Crippen LogP contribution < -0.4 is 0 Å². The second kappa shape index (κ2) is 5.91. The third kappa shape index (κ3) is 2.60. The number of hydrogen-bond donors (Lipinski definition) is 3. The van der Waals surface area contributed by atoms with Crippen LogP contribution in [0.2, 0.25) is 0 Å². The Balaban J connectivity index is 3.86. The average molecular weight is 372 g/mol. The summed E-state index contributed by atoms with van der Waals surface area (Å²) in [4.78, 5) is 20.0. The van der Waals surface area contributed by atoms with Gasteiger partial charge < -0.3 is 19.4 Å². The van der Waals surface area contributed by atoms with E-state index in [1.165, 1.54) is 13.8 Å². The zero-order valence-corrected chi connectivity index (χ0v) is 16.9. The van der Waals surface area contributed by atoms with Gasteiger partial charge in [0.15, 0.2) is 10.7 Å². The topological polar surface area (TPSA) is 113 Å². The lowest BCUT2D eigenvalue weighted by atomic mass is 9.61. The van der Waals surface area contributed by atoms with Crippen molar-refractivity contribution in [3.63, 3.8) is 0 Å². The quantitative estimate of drug-likeness (QED) is 0.633. The molecule has 7 nitrogen and oxygen atoms in total. The van der Waals surface area contributed by atoms with Crippen LogP contribution in [-0.2, 0) is 18.2 Å². The fraction of sp³-hybridized carbons (Fsp3) is 1.00. The molecule has 0 aromatic heterocycles. The molecule has 0 aromatic rings. The highest BCUT2D eigenvalue weighted by Crippen LogP contribution is 2.85. The Morgan fingerprint density at radius 2 is 1.43 bits per heavy atom. The highest BCUT2D eigenvalue weighted by molar-refractivity contribution is 7.59. The number of rotatable bonds is 5. The zero-order valence-electron chi connectivity index (χ0n) is 15.1. The van der Waals surface area contributed by atoms with Crippen molar-refractivity contribution in [3.05, 3.63) is 0 Å². The van der Waals surface area contributed by atoms with E-state index < -0.39 is 49.2 Å². The molecule has 1 heterocycles. The van der Waals surface area contributed by atoms with Crippen LogP contribution in [0.25, 0.3) is 0 Å². The molecule has 0 spiro atoms. The van der Waals surface area contributed by atoms with Gasteiger partial charge >= 0.3 is 15.2 Å². The molecule has 1 aliphatic heterocycles. The lowest BCUT2D eigenvalue weighted by molar-refractivity contribution is -0.116. The molecule has 0 aliphatic carbocycles. The van der Waals surface area contributed by atoms with Crippen molar-refractivity contribution in [1.29, 1.82) is 0 Å². The van der Waals surface area contributed by atoms with Gasteiger partial charge in [0.2, 0.25) is 0 Å². The average Bonchev–Trinajstić information content (AvgIpc) is 2.37. The largest absolute Gasteiger partial charge is 0.377 e. The highest BCUT2D eigenvalue weighted by Gasteiger charge is 2.82. The molecule has 1 aliphatic rings. The Kier molecular flexibility index (Phi) is 5.47. The van der Waals surface area contributed by atoms with Crippen LogP contribution in [0.3, 0.4) is 0 Å². The van der Waals surface area contributed by atoms with Crippen molar-refractivity contribution in [1.82, 2.24) is 0 Å². The molecule has 0 amide bonds. The van der Waals surface area contributed by atoms with E-state index in [1.807, 2.05) is 0 Å². The summed E-state index contributed by atoms with van der Waals surface area (Å²) in [5.41, 5.74) is -1.47. The van der Waals surface area contributed by atoms with Crippen molar-refractivity contribution in [2.24, 2.45) is 17.3 Å². The van der Waals surface area contributed by atoms with Gasteiger partial charge in [-0.1, -0.05) is 27.7 Å². The van der Waals surface area contributed by atoms with E-state index in [2.05, 4.69) is 0 Å². The molecule has 0 saturated carbocycles. The maximum absolute atomic E-state index is 13.3. The molecule has 3 N–H and O–H groups in total. The van der Waals surface area contributed by atoms with Crippen LogP contribution in [0.5, 0.6) is 0 Å². The van der Waals surface area contributed by atoms with Gasteiger partial charge in [0.05, 0.1) is 11.5 Å². The zero-order chi connectivity index (χ0) is 18.6. The first kappa shape index (κ1) is 21.3.